The van der Waals surface area contributed by atoms with Gasteiger partial charge in [0.25, 0.3) is 0 Å². The second-order valence-corrected chi connectivity index (χ2v) is 5.80. The van der Waals surface area contributed by atoms with E-state index in [-0.39, 0.29) is 6.54 Å². The van der Waals surface area contributed by atoms with Gasteiger partial charge in [0.1, 0.15) is 0 Å². The van der Waals surface area contributed by atoms with Crippen molar-refractivity contribution in [2.75, 3.05) is 11.9 Å². The molecule has 0 radical (unpaired) electrons. The van der Waals surface area contributed by atoms with E-state index in [9.17, 15) is 9.59 Å². The zero-order valence-corrected chi connectivity index (χ0v) is 13.3. The molecule has 18 heavy (non-hydrogen) atoms. The number of anilines is 1. The van der Waals surface area contributed by atoms with Gasteiger partial charge in [-0.25, -0.2) is 4.79 Å². The molecule has 0 aliphatic heterocycles. The van der Waals surface area contributed by atoms with E-state index in [4.69, 9.17) is 5.11 Å². The smallest absolute Gasteiger partial charge is 0.319 e. The number of rotatable bonds is 4. The van der Waals surface area contributed by atoms with Gasteiger partial charge in [-0.15, -0.1) is 0 Å². The van der Waals surface area contributed by atoms with Crippen LogP contribution >= 0.6 is 38.5 Å². The number of carbonyl (C=O) groups excluding carboxylic acids is 1. The molecule has 1 unspecified atom stereocenters. The minimum absolute atomic E-state index is 0.0865. The molecule has 1 atom stereocenters. The highest BCUT2D eigenvalue weighted by Crippen LogP contribution is 2.24. The molecular formula is C11H12BrIN2O3. The number of aliphatic carboxylic acids is 1. The summed E-state index contributed by atoms with van der Waals surface area (Å²) in [5.74, 6) is -1.55. The van der Waals surface area contributed by atoms with Crippen molar-refractivity contribution in [3.63, 3.8) is 0 Å². The number of carboxylic acid groups (broad SMARTS) is 1. The molecule has 0 bridgehead atoms. The van der Waals surface area contributed by atoms with Gasteiger partial charge < -0.3 is 15.7 Å². The summed E-state index contributed by atoms with van der Waals surface area (Å²) in [5, 5.41) is 13.8. The standard InChI is InChI=1S/C11H12BrIN2O3/c1-6(10(16)17)5-14-11(18)15-9-3-2-7(13)4-8(9)12/h2-4,6H,5H2,1H3,(H,16,17)(H2,14,15,18). The molecule has 0 aliphatic rings. The third-order valence-corrected chi connectivity index (χ3v) is 3.50. The number of carboxylic acids is 1. The number of urea groups is 1. The highest BCUT2D eigenvalue weighted by atomic mass is 127. The topological polar surface area (TPSA) is 78.4 Å². The average molecular weight is 427 g/mol. The Hall–Kier alpha value is -0.830. The third-order valence-electron chi connectivity index (χ3n) is 2.17. The maximum atomic E-state index is 11.5. The number of hydrogen-bond donors (Lipinski definition) is 3. The summed E-state index contributed by atoms with van der Waals surface area (Å²) in [5.41, 5.74) is 0.635. The number of benzene rings is 1. The second-order valence-electron chi connectivity index (χ2n) is 3.70. The highest BCUT2D eigenvalue weighted by Gasteiger charge is 2.12. The lowest BCUT2D eigenvalue weighted by atomic mass is 10.2. The van der Waals surface area contributed by atoms with E-state index < -0.39 is 17.9 Å². The van der Waals surface area contributed by atoms with Gasteiger partial charge in [-0.1, -0.05) is 6.92 Å². The second kappa shape index (κ2) is 6.93. The predicted molar refractivity (Wildman–Crippen MR) is 80.7 cm³/mol. The zero-order chi connectivity index (χ0) is 13.7. The van der Waals surface area contributed by atoms with E-state index >= 15 is 0 Å². The van der Waals surface area contributed by atoms with Gasteiger partial charge in [0.15, 0.2) is 0 Å². The van der Waals surface area contributed by atoms with Gasteiger partial charge in [0, 0.05) is 14.6 Å². The number of amides is 2. The quantitative estimate of drug-likeness (QED) is 0.647. The van der Waals surface area contributed by atoms with Crippen LogP contribution in [0.1, 0.15) is 6.92 Å². The molecule has 3 N–H and O–H groups in total. The first-order chi connectivity index (χ1) is 8.40. The van der Waals surface area contributed by atoms with Gasteiger partial charge >= 0.3 is 12.0 Å². The van der Waals surface area contributed by atoms with E-state index in [1.54, 1.807) is 6.07 Å². The first kappa shape index (κ1) is 15.2. The Morgan fingerprint density at radius 1 is 1.50 bits per heavy atom. The normalized spacial score (nSPS) is 11.7. The Morgan fingerprint density at radius 3 is 2.72 bits per heavy atom. The molecule has 0 heterocycles. The summed E-state index contributed by atoms with van der Waals surface area (Å²) in [6.07, 6.45) is 0. The number of halogens is 2. The van der Waals surface area contributed by atoms with Crippen LogP contribution in [-0.2, 0) is 4.79 Å². The van der Waals surface area contributed by atoms with Crippen molar-refractivity contribution < 1.29 is 14.7 Å². The largest absolute Gasteiger partial charge is 0.481 e. The van der Waals surface area contributed by atoms with Crippen molar-refractivity contribution >= 4 is 56.2 Å². The van der Waals surface area contributed by atoms with Crippen LogP contribution in [-0.4, -0.2) is 23.7 Å². The fourth-order valence-corrected chi connectivity index (χ4v) is 2.49. The summed E-state index contributed by atoms with van der Waals surface area (Å²) in [7, 11) is 0. The molecule has 0 saturated carbocycles. The van der Waals surface area contributed by atoms with Crippen molar-refractivity contribution in [1.82, 2.24) is 5.32 Å². The van der Waals surface area contributed by atoms with Crippen LogP contribution in [0.3, 0.4) is 0 Å². The third kappa shape index (κ3) is 4.81. The molecule has 1 aromatic carbocycles. The summed E-state index contributed by atoms with van der Waals surface area (Å²) in [6.45, 7) is 1.62. The van der Waals surface area contributed by atoms with E-state index in [1.807, 2.05) is 12.1 Å². The van der Waals surface area contributed by atoms with Gasteiger partial charge in [0.2, 0.25) is 0 Å². The Labute approximate surface area is 127 Å². The summed E-state index contributed by atoms with van der Waals surface area (Å²) >= 11 is 5.50. The molecule has 0 fully saturated rings. The lowest BCUT2D eigenvalue weighted by molar-refractivity contribution is -0.140. The van der Waals surface area contributed by atoms with E-state index in [0.717, 1.165) is 8.04 Å². The lowest BCUT2D eigenvalue weighted by Gasteiger charge is -2.11. The Kier molecular flexibility index (Phi) is 5.86. The molecule has 5 nitrogen and oxygen atoms in total. The maximum Gasteiger partial charge on any atom is 0.319 e. The Morgan fingerprint density at radius 2 is 2.17 bits per heavy atom. The van der Waals surface area contributed by atoms with Crippen LogP contribution < -0.4 is 10.6 Å². The summed E-state index contributed by atoms with van der Waals surface area (Å²) < 4.78 is 1.82. The number of carbonyl (C=O) groups is 2. The van der Waals surface area contributed by atoms with Gasteiger partial charge in [-0.3, -0.25) is 4.79 Å². The predicted octanol–water partition coefficient (Wildman–Crippen LogP) is 2.90. The monoisotopic (exact) mass is 426 g/mol. The highest BCUT2D eigenvalue weighted by molar-refractivity contribution is 14.1. The van der Waals surface area contributed by atoms with Gasteiger partial charge in [-0.2, -0.15) is 0 Å². The van der Waals surface area contributed by atoms with Crippen LogP contribution in [0.4, 0.5) is 10.5 Å². The van der Waals surface area contributed by atoms with Gasteiger partial charge in [0.05, 0.1) is 11.6 Å². The number of hydrogen-bond acceptors (Lipinski definition) is 2. The Bertz CT molecular complexity index is 468. The van der Waals surface area contributed by atoms with Crippen molar-refractivity contribution in [2.24, 2.45) is 5.92 Å². The lowest BCUT2D eigenvalue weighted by Crippen LogP contribution is -2.34. The van der Waals surface area contributed by atoms with E-state index in [1.165, 1.54) is 6.92 Å². The van der Waals surface area contributed by atoms with E-state index in [2.05, 4.69) is 49.2 Å². The van der Waals surface area contributed by atoms with Gasteiger partial charge in [-0.05, 0) is 56.7 Å². The number of nitrogens with one attached hydrogen (secondary N) is 2. The molecule has 98 valence electrons. The molecule has 7 heteroatoms. The fraction of sp³-hybridized carbons (Fsp3) is 0.273. The molecule has 2 amide bonds. The van der Waals surface area contributed by atoms with Crippen molar-refractivity contribution in [3.05, 3.63) is 26.2 Å². The van der Waals surface area contributed by atoms with Crippen molar-refractivity contribution in [2.45, 2.75) is 6.92 Å². The van der Waals surface area contributed by atoms with E-state index in [0.29, 0.717) is 5.69 Å². The van der Waals surface area contributed by atoms with Crippen molar-refractivity contribution in [1.29, 1.82) is 0 Å². The zero-order valence-electron chi connectivity index (χ0n) is 9.54. The molecule has 1 rings (SSSR count). The van der Waals surface area contributed by atoms with Crippen molar-refractivity contribution in [3.8, 4) is 0 Å². The molecule has 0 aliphatic carbocycles. The first-order valence-electron chi connectivity index (χ1n) is 5.13. The molecular weight excluding hydrogens is 415 g/mol. The first-order valence-corrected chi connectivity index (χ1v) is 7.00. The minimum atomic E-state index is -0.939. The summed E-state index contributed by atoms with van der Waals surface area (Å²) in [4.78, 5) is 22.1. The Balaban J connectivity index is 2.52. The van der Waals surface area contributed by atoms with Crippen LogP contribution in [0.25, 0.3) is 0 Å². The van der Waals surface area contributed by atoms with Crippen LogP contribution in [0.5, 0.6) is 0 Å². The SMILES string of the molecule is CC(CNC(=O)Nc1ccc(I)cc1Br)C(=O)O. The van der Waals surface area contributed by atoms with Crippen LogP contribution in [0.15, 0.2) is 22.7 Å². The molecule has 0 aromatic heterocycles. The fourth-order valence-electron chi connectivity index (χ4n) is 1.09. The molecule has 1 aromatic rings. The minimum Gasteiger partial charge on any atom is -0.481 e. The molecule has 0 saturated heterocycles. The maximum absolute atomic E-state index is 11.5. The average Bonchev–Trinajstić information content (AvgIpc) is 2.29. The summed E-state index contributed by atoms with van der Waals surface area (Å²) in [6, 6.07) is 5.08. The molecule has 0 spiro atoms. The van der Waals surface area contributed by atoms with Crippen LogP contribution in [0.2, 0.25) is 0 Å². The van der Waals surface area contributed by atoms with Crippen LogP contribution in [0, 0.1) is 9.49 Å².